The predicted molar refractivity (Wildman–Crippen MR) is 92.4 cm³/mol. The van der Waals surface area contributed by atoms with Gasteiger partial charge in [-0.1, -0.05) is 12.0 Å². The Kier molecular flexibility index (Phi) is 5.60. The van der Waals surface area contributed by atoms with E-state index in [1.165, 1.54) is 24.3 Å². The Morgan fingerprint density at radius 2 is 1.77 bits per heavy atom. The van der Waals surface area contributed by atoms with Crippen LogP contribution in [0.3, 0.4) is 0 Å². The number of ketones is 1. The van der Waals surface area contributed by atoms with E-state index in [1.807, 2.05) is 11.8 Å². The Hall–Kier alpha value is -2.77. The monoisotopic (exact) mass is 360 g/mol. The minimum Gasteiger partial charge on any atom is -0.408 e. The van der Waals surface area contributed by atoms with Gasteiger partial charge in [-0.25, -0.2) is 4.39 Å². The van der Waals surface area contributed by atoms with Crippen molar-refractivity contribution in [3.05, 3.63) is 41.5 Å². The summed E-state index contributed by atoms with van der Waals surface area (Å²) >= 11 is 0. The zero-order valence-corrected chi connectivity index (χ0v) is 14.7. The average Bonchev–Trinajstić information content (AvgIpc) is 3.16. The van der Waals surface area contributed by atoms with Crippen molar-refractivity contribution in [3.63, 3.8) is 0 Å². The molecule has 26 heavy (non-hydrogen) atoms. The van der Waals surface area contributed by atoms with Gasteiger partial charge in [0.1, 0.15) is 5.82 Å². The highest BCUT2D eigenvalue weighted by Crippen LogP contribution is 2.16. The molecule has 1 aliphatic heterocycles. The first-order chi connectivity index (χ1) is 12.6. The molecule has 0 bridgehead atoms. The van der Waals surface area contributed by atoms with Gasteiger partial charge in [0.05, 0.1) is 0 Å². The van der Waals surface area contributed by atoms with Crippen LogP contribution in [0, 0.1) is 5.82 Å². The fourth-order valence-corrected chi connectivity index (χ4v) is 2.82. The molecular weight excluding hydrogens is 339 g/mol. The number of amides is 1. The van der Waals surface area contributed by atoms with Crippen LogP contribution >= 0.6 is 0 Å². The number of carbonyl (C=O) groups is 2. The molecule has 0 unspecified atom stereocenters. The van der Waals surface area contributed by atoms with Gasteiger partial charge >= 0.3 is 6.01 Å². The van der Waals surface area contributed by atoms with E-state index in [4.69, 9.17) is 4.42 Å². The third-order valence-electron chi connectivity index (χ3n) is 4.39. The number of rotatable bonds is 6. The van der Waals surface area contributed by atoms with Crippen molar-refractivity contribution in [2.45, 2.75) is 26.2 Å². The topological polar surface area (TPSA) is 79.5 Å². The summed E-state index contributed by atoms with van der Waals surface area (Å²) in [6, 6.07) is 5.86. The maximum atomic E-state index is 12.9. The smallest absolute Gasteiger partial charge is 0.318 e. The second-order valence-electron chi connectivity index (χ2n) is 6.13. The van der Waals surface area contributed by atoms with Gasteiger partial charge in [-0.2, -0.15) is 0 Å². The standard InChI is InChI=1S/C18H21FN4O3/c1-2-16-20-21-18(26-16)23-11-9-22(10-12-23)17(25)8-7-15(24)13-3-5-14(19)6-4-13/h3-6H,2,7-12H2,1H3. The first-order valence-electron chi connectivity index (χ1n) is 8.70. The average molecular weight is 360 g/mol. The first-order valence-corrected chi connectivity index (χ1v) is 8.70. The summed E-state index contributed by atoms with van der Waals surface area (Å²) in [4.78, 5) is 28.1. The first kappa shape index (κ1) is 18.0. The zero-order valence-electron chi connectivity index (χ0n) is 14.7. The SMILES string of the molecule is CCc1nnc(N2CCN(C(=O)CCC(=O)c3ccc(F)cc3)CC2)o1. The van der Waals surface area contributed by atoms with Gasteiger partial charge in [-0.05, 0) is 24.3 Å². The van der Waals surface area contributed by atoms with E-state index in [9.17, 15) is 14.0 Å². The lowest BCUT2D eigenvalue weighted by atomic mass is 10.1. The van der Waals surface area contributed by atoms with Crippen molar-refractivity contribution in [2.24, 2.45) is 0 Å². The molecule has 0 aliphatic carbocycles. The Bertz CT molecular complexity index is 767. The summed E-state index contributed by atoms with van der Waals surface area (Å²) in [6.07, 6.45) is 0.957. The zero-order chi connectivity index (χ0) is 18.5. The largest absolute Gasteiger partial charge is 0.408 e. The van der Waals surface area contributed by atoms with Crippen LogP contribution in [-0.2, 0) is 11.2 Å². The van der Waals surface area contributed by atoms with Gasteiger partial charge in [0, 0.05) is 51.0 Å². The molecule has 0 atom stereocenters. The number of carbonyl (C=O) groups excluding carboxylic acids is 2. The van der Waals surface area contributed by atoms with Crippen LogP contribution in [0.4, 0.5) is 10.4 Å². The number of aryl methyl sites for hydroxylation is 1. The molecule has 1 amide bonds. The summed E-state index contributed by atoms with van der Waals surface area (Å²) in [6.45, 7) is 4.27. The van der Waals surface area contributed by atoms with Crippen LogP contribution in [0.5, 0.6) is 0 Å². The fourth-order valence-electron chi connectivity index (χ4n) is 2.82. The molecular formula is C18H21FN4O3. The number of aromatic nitrogens is 2. The quantitative estimate of drug-likeness (QED) is 0.734. The third kappa shape index (κ3) is 4.25. The highest BCUT2D eigenvalue weighted by Gasteiger charge is 2.24. The van der Waals surface area contributed by atoms with Gasteiger partial charge in [0.2, 0.25) is 11.8 Å². The molecule has 2 heterocycles. The van der Waals surface area contributed by atoms with E-state index in [0.29, 0.717) is 50.1 Å². The van der Waals surface area contributed by atoms with E-state index in [1.54, 1.807) is 4.90 Å². The summed E-state index contributed by atoms with van der Waals surface area (Å²) in [5.41, 5.74) is 0.423. The lowest BCUT2D eigenvalue weighted by Gasteiger charge is -2.33. The van der Waals surface area contributed by atoms with Gasteiger partial charge in [0.25, 0.3) is 0 Å². The number of piperazine rings is 1. The number of hydrogen-bond donors (Lipinski definition) is 0. The van der Waals surface area contributed by atoms with Crippen LogP contribution in [-0.4, -0.2) is 53.0 Å². The second kappa shape index (κ2) is 8.07. The maximum Gasteiger partial charge on any atom is 0.318 e. The van der Waals surface area contributed by atoms with Crippen molar-refractivity contribution in [1.82, 2.24) is 15.1 Å². The molecule has 138 valence electrons. The van der Waals surface area contributed by atoms with E-state index in [2.05, 4.69) is 10.2 Å². The lowest BCUT2D eigenvalue weighted by Crippen LogP contribution is -2.49. The summed E-state index contributed by atoms with van der Waals surface area (Å²) in [5.74, 6) is -0.00422. The molecule has 7 nitrogen and oxygen atoms in total. The van der Waals surface area contributed by atoms with Crippen LogP contribution in [0.2, 0.25) is 0 Å². The maximum absolute atomic E-state index is 12.9. The molecule has 2 aromatic rings. The van der Waals surface area contributed by atoms with E-state index in [0.717, 1.165) is 0 Å². The minimum atomic E-state index is -0.386. The summed E-state index contributed by atoms with van der Waals surface area (Å²) < 4.78 is 18.4. The van der Waals surface area contributed by atoms with E-state index < -0.39 is 0 Å². The van der Waals surface area contributed by atoms with Crippen molar-refractivity contribution >= 4 is 17.7 Å². The number of nitrogens with zero attached hydrogens (tertiary/aromatic N) is 4. The Balaban J connectivity index is 1.46. The summed E-state index contributed by atoms with van der Waals surface area (Å²) in [7, 11) is 0. The van der Waals surface area contributed by atoms with Gasteiger partial charge in [-0.3, -0.25) is 9.59 Å². The van der Waals surface area contributed by atoms with Gasteiger partial charge in [0.15, 0.2) is 5.78 Å². The molecule has 1 saturated heterocycles. The number of benzene rings is 1. The molecule has 3 rings (SSSR count). The van der Waals surface area contributed by atoms with Gasteiger partial charge in [-0.15, -0.1) is 5.10 Å². The third-order valence-corrected chi connectivity index (χ3v) is 4.39. The normalized spacial score (nSPS) is 14.5. The molecule has 8 heteroatoms. The molecule has 1 aromatic heterocycles. The molecule has 1 aromatic carbocycles. The second-order valence-corrected chi connectivity index (χ2v) is 6.13. The number of hydrogen-bond acceptors (Lipinski definition) is 6. The van der Waals surface area contributed by atoms with Crippen molar-refractivity contribution in [3.8, 4) is 0 Å². The molecule has 0 spiro atoms. The predicted octanol–water partition coefficient (Wildman–Crippen LogP) is 2.08. The van der Waals surface area contributed by atoms with Crippen molar-refractivity contribution < 1.29 is 18.4 Å². The highest BCUT2D eigenvalue weighted by molar-refractivity contribution is 5.97. The Morgan fingerprint density at radius 1 is 1.08 bits per heavy atom. The molecule has 0 N–H and O–H groups in total. The number of anilines is 1. The summed E-state index contributed by atoms with van der Waals surface area (Å²) in [5, 5.41) is 7.96. The molecule has 0 saturated carbocycles. The van der Waals surface area contributed by atoms with E-state index >= 15 is 0 Å². The van der Waals surface area contributed by atoms with Crippen molar-refractivity contribution in [1.29, 1.82) is 0 Å². The Labute approximate surface area is 150 Å². The molecule has 0 radical (unpaired) electrons. The fraction of sp³-hybridized carbons (Fsp3) is 0.444. The molecule has 1 aliphatic rings. The number of Topliss-reactive ketones (excluding diaryl/α,β-unsaturated/α-hetero) is 1. The lowest BCUT2D eigenvalue weighted by molar-refractivity contribution is -0.131. The van der Waals surface area contributed by atoms with Gasteiger partial charge < -0.3 is 14.2 Å². The highest BCUT2D eigenvalue weighted by atomic mass is 19.1. The minimum absolute atomic E-state index is 0.0557. The molecule has 1 fully saturated rings. The van der Waals surface area contributed by atoms with Crippen LogP contribution in [0.15, 0.2) is 28.7 Å². The van der Waals surface area contributed by atoms with Crippen molar-refractivity contribution in [2.75, 3.05) is 31.1 Å². The van der Waals surface area contributed by atoms with Crippen LogP contribution in [0.1, 0.15) is 36.0 Å². The Morgan fingerprint density at radius 3 is 2.38 bits per heavy atom. The van der Waals surface area contributed by atoms with Crippen LogP contribution < -0.4 is 4.90 Å². The van der Waals surface area contributed by atoms with E-state index in [-0.39, 0.29) is 30.3 Å². The number of halogens is 1. The van der Waals surface area contributed by atoms with Crippen LogP contribution in [0.25, 0.3) is 0 Å².